The first kappa shape index (κ1) is 24.6. The molecule has 168 valence electrons. The van der Waals surface area contributed by atoms with Crippen molar-refractivity contribution in [3.8, 4) is 6.07 Å². The number of imide groups is 1. The van der Waals surface area contributed by atoms with E-state index in [1.807, 2.05) is 32.0 Å². The zero-order valence-corrected chi connectivity index (χ0v) is 19.0. The van der Waals surface area contributed by atoms with Crippen LogP contribution in [0.5, 0.6) is 0 Å². The lowest BCUT2D eigenvalue weighted by molar-refractivity contribution is -0.145. The van der Waals surface area contributed by atoms with Crippen molar-refractivity contribution in [2.75, 3.05) is 6.61 Å². The van der Waals surface area contributed by atoms with E-state index >= 15 is 0 Å². The van der Waals surface area contributed by atoms with Crippen LogP contribution in [0, 0.1) is 31.1 Å². The van der Waals surface area contributed by atoms with Gasteiger partial charge in [0.2, 0.25) is 5.91 Å². The molecule has 7 nitrogen and oxygen atoms in total. The number of ether oxygens (including phenoxy) is 1. The average molecular weight is 436 g/mol. The number of carbonyl (C=O) groups excluding carboxylic acids is 3. The van der Waals surface area contributed by atoms with Crippen molar-refractivity contribution in [2.45, 2.75) is 47.1 Å². The highest BCUT2D eigenvalue weighted by atomic mass is 16.5. The van der Waals surface area contributed by atoms with Gasteiger partial charge in [-0.3, -0.25) is 14.9 Å². The number of aromatic nitrogens is 1. The third-order valence-electron chi connectivity index (χ3n) is 5.00. The van der Waals surface area contributed by atoms with Gasteiger partial charge in [-0.25, -0.2) is 4.79 Å². The Morgan fingerprint density at radius 2 is 1.84 bits per heavy atom. The fraction of sp³-hybridized carbons (Fsp3) is 0.360. The summed E-state index contributed by atoms with van der Waals surface area (Å²) in [6.07, 6.45) is 2.52. The van der Waals surface area contributed by atoms with Gasteiger partial charge in [-0.05, 0) is 49.5 Å². The van der Waals surface area contributed by atoms with Crippen molar-refractivity contribution in [3.05, 3.63) is 64.5 Å². The van der Waals surface area contributed by atoms with Crippen molar-refractivity contribution in [2.24, 2.45) is 5.92 Å². The van der Waals surface area contributed by atoms with Gasteiger partial charge >= 0.3 is 5.97 Å². The minimum Gasteiger partial charge on any atom is -0.451 e. The lowest BCUT2D eigenvalue weighted by atomic mass is 10.1. The molecule has 0 bridgehead atoms. The molecule has 0 spiro atoms. The molecule has 0 saturated carbocycles. The van der Waals surface area contributed by atoms with Crippen LogP contribution in [-0.2, 0) is 32.1 Å². The van der Waals surface area contributed by atoms with E-state index in [2.05, 4.69) is 23.7 Å². The van der Waals surface area contributed by atoms with Crippen LogP contribution in [0.3, 0.4) is 0 Å². The third kappa shape index (κ3) is 7.24. The molecule has 2 aromatic rings. The van der Waals surface area contributed by atoms with Gasteiger partial charge in [0.25, 0.3) is 5.91 Å². The number of esters is 1. The molecule has 1 N–H and O–H groups in total. The summed E-state index contributed by atoms with van der Waals surface area (Å²) >= 11 is 0. The van der Waals surface area contributed by atoms with Gasteiger partial charge in [0.15, 0.2) is 6.61 Å². The summed E-state index contributed by atoms with van der Waals surface area (Å²) in [5.74, 6) is -1.60. The maximum atomic E-state index is 12.3. The molecule has 0 fully saturated rings. The van der Waals surface area contributed by atoms with E-state index in [1.165, 1.54) is 6.08 Å². The number of nitriles is 1. The first-order valence-electron chi connectivity index (χ1n) is 10.5. The molecular formula is C25H29N3O4. The largest absolute Gasteiger partial charge is 0.451 e. The van der Waals surface area contributed by atoms with Crippen LogP contribution in [0.2, 0.25) is 0 Å². The minimum atomic E-state index is -0.912. The highest BCUT2D eigenvalue weighted by Gasteiger charge is 2.17. The van der Waals surface area contributed by atoms with Gasteiger partial charge < -0.3 is 9.30 Å². The Bertz CT molecular complexity index is 1040. The van der Waals surface area contributed by atoms with E-state index in [9.17, 15) is 19.6 Å². The van der Waals surface area contributed by atoms with Gasteiger partial charge in [0.05, 0.1) is 6.42 Å². The molecule has 1 heterocycles. The Labute approximate surface area is 188 Å². The second-order valence-electron chi connectivity index (χ2n) is 8.04. The number of benzene rings is 1. The molecule has 0 aliphatic rings. The quantitative estimate of drug-likeness (QED) is 0.369. The molecule has 32 heavy (non-hydrogen) atoms. The highest BCUT2D eigenvalue weighted by Crippen LogP contribution is 2.20. The molecule has 0 aliphatic heterocycles. The number of hydrogen-bond donors (Lipinski definition) is 1. The van der Waals surface area contributed by atoms with Gasteiger partial charge in [0, 0.05) is 17.9 Å². The van der Waals surface area contributed by atoms with Crippen LogP contribution in [0.15, 0.2) is 42.0 Å². The second kappa shape index (κ2) is 11.7. The first-order valence-corrected chi connectivity index (χ1v) is 10.5. The van der Waals surface area contributed by atoms with Gasteiger partial charge in [-0.2, -0.15) is 5.26 Å². The molecule has 1 aromatic heterocycles. The summed E-state index contributed by atoms with van der Waals surface area (Å²) in [7, 11) is 0. The standard InChI is InChI=1S/C25H29N3O4/c1-17(2)10-11-28-18(3)12-21(19(28)4)14-22(15-26)25(31)32-16-24(30)27-23(29)13-20-8-6-5-7-9-20/h5-9,12,14,17H,10-11,13,16H2,1-4H3,(H,27,29,30)/b22-14+. The van der Waals surface area contributed by atoms with E-state index < -0.39 is 24.4 Å². The molecule has 2 amide bonds. The zero-order valence-electron chi connectivity index (χ0n) is 19.0. The number of aryl methyl sites for hydroxylation is 1. The van der Waals surface area contributed by atoms with Crippen LogP contribution in [-0.4, -0.2) is 29.0 Å². The molecule has 7 heteroatoms. The number of carbonyl (C=O) groups is 3. The molecule has 0 radical (unpaired) electrons. The fourth-order valence-corrected chi connectivity index (χ4v) is 3.22. The van der Waals surface area contributed by atoms with Crippen molar-refractivity contribution in [1.82, 2.24) is 9.88 Å². The Morgan fingerprint density at radius 3 is 2.47 bits per heavy atom. The van der Waals surface area contributed by atoms with Crippen molar-refractivity contribution in [3.63, 3.8) is 0 Å². The Morgan fingerprint density at radius 1 is 1.16 bits per heavy atom. The molecule has 0 atom stereocenters. The lowest BCUT2D eigenvalue weighted by Gasteiger charge is -2.11. The Balaban J connectivity index is 1.96. The summed E-state index contributed by atoms with van der Waals surface area (Å²) in [4.78, 5) is 36.2. The van der Waals surface area contributed by atoms with Crippen molar-refractivity contribution in [1.29, 1.82) is 5.26 Å². The number of nitrogens with one attached hydrogen (secondary N) is 1. The predicted molar refractivity (Wildman–Crippen MR) is 121 cm³/mol. The van der Waals surface area contributed by atoms with E-state index in [0.29, 0.717) is 5.92 Å². The maximum absolute atomic E-state index is 12.3. The molecule has 0 unspecified atom stereocenters. The van der Waals surface area contributed by atoms with Crippen LogP contribution in [0.4, 0.5) is 0 Å². The van der Waals surface area contributed by atoms with Crippen molar-refractivity contribution < 1.29 is 19.1 Å². The summed E-state index contributed by atoms with van der Waals surface area (Å²) < 4.78 is 7.09. The molecule has 0 aliphatic carbocycles. The molecular weight excluding hydrogens is 406 g/mol. The average Bonchev–Trinajstić information content (AvgIpc) is 3.01. The smallest absolute Gasteiger partial charge is 0.349 e. The van der Waals surface area contributed by atoms with E-state index in [-0.39, 0.29) is 12.0 Å². The Hall–Kier alpha value is -3.66. The minimum absolute atomic E-state index is 0.0380. The summed E-state index contributed by atoms with van der Waals surface area (Å²) in [5, 5.41) is 11.6. The lowest BCUT2D eigenvalue weighted by Crippen LogP contribution is -2.35. The van der Waals surface area contributed by atoms with Crippen LogP contribution < -0.4 is 5.32 Å². The van der Waals surface area contributed by atoms with Crippen LogP contribution in [0.25, 0.3) is 6.08 Å². The van der Waals surface area contributed by atoms with E-state index in [1.54, 1.807) is 24.3 Å². The first-order chi connectivity index (χ1) is 15.2. The van der Waals surface area contributed by atoms with E-state index in [4.69, 9.17) is 4.74 Å². The second-order valence-corrected chi connectivity index (χ2v) is 8.04. The summed E-state index contributed by atoms with van der Waals surface area (Å²) in [6.45, 7) is 8.43. The molecule has 1 aromatic carbocycles. The maximum Gasteiger partial charge on any atom is 0.349 e. The summed E-state index contributed by atoms with van der Waals surface area (Å²) in [6, 6.07) is 12.7. The number of rotatable bonds is 9. The van der Waals surface area contributed by atoms with Gasteiger partial charge in [0.1, 0.15) is 11.6 Å². The fourth-order valence-electron chi connectivity index (χ4n) is 3.22. The van der Waals surface area contributed by atoms with Crippen molar-refractivity contribution >= 4 is 23.9 Å². The molecule has 2 rings (SSSR count). The number of nitrogens with zero attached hydrogens (tertiary/aromatic N) is 2. The van der Waals surface area contributed by atoms with E-state index in [0.717, 1.165) is 35.5 Å². The normalized spacial score (nSPS) is 11.2. The van der Waals surface area contributed by atoms with Crippen LogP contribution >= 0.6 is 0 Å². The van der Waals surface area contributed by atoms with Gasteiger partial charge in [-0.15, -0.1) is 0 Å². The molecule has 0 saturated heterocycles. The SMILES string of the molecule is Cc1cc(/C=C(\C#N)C(=O)OCC(=O)NC(=O)Cc2ccccc2)c(C)n1CCC(C)C. The third-order valence-corrected chi connectivity index (χ3v) is 5.00. The van der Waals surface area contributed by atoms with Gasteiger partial charge in [-0.1, -0.05) is 44.2 Å². The number of hydrogen-bond acceptors (Lipinski definition) is 5. The monoisotopic (exact) mass is 435 g/mol. The van der Waals surface area contributed by atoms with Crippen LogP contribution in [0.1, 0.15) is 42.8 Å². The zero-order chi connectivity index (χ0) is 23.7. The Kier molecular flexibility index (Phi) is 8.96. The topological polar surface area (TPSA) is 101 Å². The highest BCUT2D eigenvalue weighted by molar-refractivity contribution is 6.01. The predicted octanol–water partition coefficient (Wildman–Crippen LogP) is 3.49. The number of amides is 2. The summed E-state index contributed by atoms with van der Waals surface area (Å²) in [5.41, 5.74) is 3.29.